The third kappa shape index (κ3) is 4.96. The maximum absolute atomic E-state index is 12.4. The van der Waals surface area contributed by atoms with Gasteiger partial charge in [-0.15, -0.1) is 0 Å². The maximum Gasteiger partial charge on any atom is 0.408 e. The zero-order valence-corrected chi connectivity index (χ0v) is 16.0. The van der Waals surface area contributed by atoms with Crippen LogP contribution in [0.4, 0.5) is 0 Å². The molecule has 0 aliphatic carbocycles. The lowest BCUT2D eigenvalue weighted by molar-refractivity contribution is 0.284. The van der Waals surface area contributed by atoms with Crippen LogP contribution in [0.1, 0.15) is 46.6 Å². The van der Waals surface area contributed by atoms with Crippen LogP contribution in [-0.4, -0.2) is 4.89 Å². The summed E-state index contributed by atoms with van der Waals surface area (Å²) in [5.41, 5.74) is 1.45. The van der Waals surface area contributed by atoms with Crippen molar-refractivity contribution >= 4 is 12.9 Å². The molecule has 0 aromatic heterocycles. The van der Waals surface area contributed by atoms with Crippen LogP contribution in [0.15, 0.2) is 54.6 Å². The Bertz CT molecular complexity index is 713. The van der Waals surface area contributed by atoms with Crippen LogP contribution in [0.2, 0.25) is 0 Å². The lowest BCUT2D eigenvalue weighted by Crippen LogP contribution is -2.24. The van der Waals surface area contributed by atoms with E-state index in [2.05, 4.69) is 34.6 Å². The molecule has 0 aliphatic rings. The second-order valence-corrected chi connectivity index (χ2v) is 9.83. The molecule has 0 aliphatic heterocycles. The van der Waals surface area contributed by atoms with E-state index in [1.807, 2.05) is 12.1 Å². The Hall–Kier alpha value is -1.57. The molecule has 0 amide bonds. The van der Waals surface area contributed by atoms with Crippen LogP contribution in [0.5, 0.6) is 5.75 Å². The largest absolute Gasteiger partial charge is 0.421 e. The molecule has 0 radical (unpaired) electrons. The molecular formula is C20H27O3P. The number of hydrogen-bond donors (Lipinski definition) is 1. The van der Waals surface area contributed by atoms with E-state index < -0.39 is 7.60 Å². The highest BCUT2D eigenvalue weighted by Crippen LogP contribution is 2.42. The Kier molecular flexibility index (Phi) is 5.27. The average Bonchev–Trinajstić information content (AvgIpc) is 2.46. The molecule has 3 nitrogen and oxygen atoms in total. The molecule has 2 aromatic carbocycles. The molecule has 0 saturated carbocycles. The van der Waals surface area contributed by atoms with Crippen molar-refractivity contribution in [3.8, 4) is 5.75 Å². The Morgan fingerprint density at radius 2 is 1.46 bits per heavy atom. The van der Waals surface area contributed by atoms with Gasteiger partial charge in [0.05, 0.1) is 5.30 Å². The normalized spacial score (nSPS) is 14.9. The summed E-state index contributed by atoms with van der Waals surface area (Å²) < 4.78 is 17.8. The molecule has 1 unspecified atom stereocenters. The predicted octanol–water partition coefficient (Wildman–Crippen LogP) is 5.29. The van der Waals surface area contributed by atoms with Gasteiger partial charge in [-0.3, -0.25) is 0 Å². The molecule has 0 heterocycles. The smallest absolute Gasteiger partial charge is 0.408 e. The molecule has 4 heteroatoms. The Morgan fingerprint density at radius 3 is 1.96 bits per heavy atom. The first-order valence-corrected chi connectivity index (χ1v) is 9.76. The summed E-state index contributed by atoms with van der Waals surface area (Å²) >= 11 is 0. The molecule has 0 saturated heterocycles. The standard InChI is InChI=1S/C20H27O3P/c1-19(2,3)15-20(4,5)16-11-13-17(14-12-16)23-24(21,22)18-9-7-6-8-10-18/h6-14H,15H2,1-5H3,(H,21,22). The number of rotatable bonds is 5. The quantitative estimate of drug-likeness (QED) is 0.748. The summed E-state index contributed by atoms with van der Waals surface area (Å²) in [6, 6.07) is 15.9. The minimum atomic E-state index is -3.86. The van der Waals surface area contributed by atoms with Crippen molar-refractivity contribution in [3.63, 3.8) is 0 Å². The first-order valence-electron chi connectivity index (χ1n) is 8.18. The third-order valence-electron chi connectivity index (χ3n) is 3.92. The summed E-state index contributed by atoms with van der Waals surface area (Å²) in [6.45, 7) is 11.1. The minimum absolute atomic E-state index is 0.0269. The Labute approximate surface area is 145 Å². The van der Waals surface area contributed by atoms with Crippen LogP contribution in [0.25, 0.3) is 0 Å². The van der Waals surface area contributed by atoms with E-state index in [4.69, 9.17) is 4.52 Å². The van der Waals surface area contributed by atoms with E-state index in [1.165, 1.54) is 5.56 Å². The van der Waals surface area contributed by atoms with Gasteiger partial charge in [0.1, 0.15) is 5.75 Å². The van der Waals surface area contributed by atoms with Crippen molar-refractivity contribution in [2.45, 2.75) is 46.5 Å². The van der Waals surface area contributed by atoms with Crippen molar-refractivity contribution in [2.75, 3.05) is 0 Å². The molecular weight excluding hydrogens is 319 g/mol. The third-order valence-corrected chi connectivity index (χ3v) is 5.33. The van der Waals surface area contributed by atoms with E-state index in [-0.39, 0.29) is 10.8 Å². The Morgan fingerprint density at radius 1 is 0.917 bits per heavy atom. The number of hydrogen-bond acceptors (Lipinski definition) is 2. The van der Waals surface area contributed by atoms with E-state index in [0.717, 1.165) is 6.42 Å². The fourth-order valence-electron chi connectivity index (χ4n) is 3.21. The van der Waals surface area contributed by atoms with Gasteiger partial charge < -0.3 is 9.42 Å². The first kappa shape index (κ1) is 18.8. The second kappa shape index (κ2) is 6.74. The van der Waals surface area contributed by atoms with Gasteiger partial charge in [0.25, 0.3) is 0 Å². The summed E-state index contributed by atoms with van der Waals surface area (Å²) in [4.78, 5) is 10.2. The molecule has 24 heavy (non-hydrogen) atoms. The van der Waals surface area contributed by atoms with Crippen molar-refractivity contribution < 1.29 is 14.0 Å². The van der Waals surface area contributed by atoms with Crippen molar-refractivity contribution in [1.29, 1.82) is 0 Å². The monoisotopic (exact) mass is 346 g/mol. The highest BCUT2D eigenvalue weighted by molar-refractivity contribution is 7.61. The molecule has 130 valence electrons. The van der Waals surface area contributed by atoms with E-state index in [1.54, 1.807) is 42.5 Å². The maximum atomic E-state index is 12.4. The first-order chi connectivity index (χ1) is 11.0. The van der Waals surface area contributed by atoms with Gasteiger partial charge in [0.2, 0.25) is 0 Å². The van der Waals surface area contributed by atoms with Gasteiger partial charge >= 0.3 is 7.60 Å². The van der Waals surface area contributed by atoms with Crippen LogP contribution in [0, 0.1) is 5.41 Å². The summed E-state index contributed by atoms with van der Waals surface area (Å²) in [7, 11) is -3.86. The second-order valence-electron chi connectivity index (χ2n) is 8.09. The van der Waals surface area contributed by atoms with Gasteiger partial charge in [0.15, 0.2) is 0 Å². The predicted molar refractivity (Wildman–Crippen MR) is 100 cm³/mol. The summed E-state index contributed by atoms with van der Waals surface area (Å²) in [5.74, 6) is 0.403. The lowest BCUT2D eigenvalue weighted by Gasteiger charge is -2.33. The SMILES string of the molecule is CC(C)(C)CC(C)(C)c1ccc(OP(=O)(O)c2ccccc2)cc1. The number of benzene rings is 2. The van der Waals surface area contributed by atoms with E-state index in [0.29, 0.717) is 11.1 Å². The Balaban J connectivity index is 2.17. The van der Waals surface area contributed by atoms with Crippen molar-refractivity contribution in [1.82, 2.24) is 0 Å². The van der Waals surface area contributed by atoms with Gasteiger partial charge in [0, 0.05) is 0 Å². The summed E-state index contributed by atoms with van der Waals surface area (Å²) in [6.07, 6.45) is 1.04. The summed E-state index contributed by atoms with van der Waals surface area (Å²) in [5, 5.41) is 0.294. The topological polar surface area (TPSA) is 46.5 Å². The van der Waals surface area contributed by atoms with Crippen LogP contribution in [0.3, 0.4) is 0 Å². The van der Waals surface area contributed by atoms with Gasteiger partial charge in [-0.2, -0.15) is 0 Å². The minimum Gasteiger partial charge on any atom is -0.421 e. The fraction of sp³-hybridized carbons (Fsp3) is 0.400. The lowest BCUT2D eigenvalue weighted by atomic mass is 9.72. The molecule has 2 aromatic rings. The molecule has 1 atom stereocenters. The van der Waals surface area contributed by atoms with Gasteiger partial charge in [-0.25, -0.2) is 4.57 Å². The van der Waals surface area contributed by atoms with Crippen LogP contribution < -0.4 is 9.83 Å². The van der Waals surface area contributed by atoms with E-state index in [9.17, 15) is 9.46 Å². The van der Waals surface area contributed by atoms with Crippen LogP contribution in [-0.2, 0) is 9.98 Å². The van der Waals surface area contributed by atoms with Crippen molar-refractivity contribution in [2.24, 2.45) is 5.41 Å². The zero-order valence-electron chi connectivity index (χ0n) is 15.1. The fourth-order valence-corrected chi connectivity index (χ4v) is 4.27. The highest BCUT2D eigenvalue weighted by atomic mass is 31.2. The van der Waals surface area contributed by atoms with Crippen molar-refractivity contribution in [3.05, 3.63) is 60.2 Å². The molecule has 2 rings (SSSR count). The highest BCUT2D eigenvalue weighted by Gasteiger charge is 2.28. The molecule has 0 bridgehead atoms. The van der Waals surface area contributed by atoms with Crippen LogP contribution >= 0.6 is 7.60 Å². The zero-order chi connectivity index (χ0) is 18.0. The average molecular weight is 346 g/mol. The van der Waals surface area contributed by atoms with Gasteiger partial charge in [-0.1, -0.05) is 65.0 Å². The van der Waals surface area contributed by atoms with Gasteiger partial charge in [-0.05, 0) is 47.1 Å². The molecule has 0 fully saturated rings. The molecule has 0 spiro atoms. The van der Waals surface area contributed by atoms with E-state index >= 15 is 0 Å². The molecule has 1 N–H and O–H groups in total.